The summed E-state index contributed by atoms with van der Waals surface area (Å²) in [5, 5.41) is 9.76. The van der Waals surface area contributed by atoms with Crippen molar-refractivity contribution in [2.75, 3.05) is 59.2 Å². The van der Waals surface area contributed by atoms with Gasteiger partial charge in [-0.3, -0.25) is 9.69 Å². The van der Waals surface area contributed by atoms with E-state index in [0.717, 1.165) is 55.3 Å². The van der Waals surface area contributed by atoms with Crippen molar-refractivity contribution in [3.63, 3.8) is 0 Å². The molecular formula is C21H32N2O4. The number of morpholine rings is 1. The summed E-state index contributed by atoms with van der Waals surface area (Å²) in [6.45, 7) is 11.8. The van der Waals surface area contributed by atoms with Crippen LogP contribution in [0, 0.1) is 32.6 Å². The van der Waals surface area contributed by atoms with Crippen molar-refractivity contribution in [3.8, 4) is 5.75 Å². The topological polar surface area (TPSA) is 62.2 Å². The maximum atomic E-state index is 12.7. The molecule has 1 aromatic carbocycles. The smallest absolute Gasteiger partial charge is 0.260 e. The molecule has 2 aliphatic heterocycles. The van der Waals surface area contributed by atoms with E-state index in [0.29, 0.717) is 19.0 Å². The van der Waals surface area contributed by atoms with E-state index >= 15 is 0 Å². The van der Waals surface area contributed by atoms with Crippen molar-refractivity contribution in [3.05, 3.63) is 28.8 Å². The number of carbonyl (C=O) groups excluding carboxylic acids is 1. The lowest BCUT2D eigenvalue weighted by Crippen LogP contribution is -2.41. The van der Waals surface area contributed by atoms with E-state index in [9.17, 15) is 9.90 Å². The third-order valence-electron chi connectivity index (χ3n) is 5.97. The number of ether oxygens (including phenoxy) is 2. The molecular weight excluding hydrogens is 344 g/mol. The molecule has 0 spiro atoms. The molecule has 1 aromatic rings. The lowest BCUT2D eigenvalue weighted by atomic mass is 9.96. The highest BCUT2D eigenvalue weighted by Gasteiger charge is 2.36. The lowest BCUT2D eigenvalue weighted by molar-refractivity contribution is -0.132. The standard InChI is InChI=1S/C21H32N2O4/c1-15-4-5-16(2)21(17(15)3)27-14-20(25)23-11-18(19(12-23)13-24)10-22-6-8-26-9-7-22/h4-5,18-19,24H,6-14H2,1-3H3/t18-,19-/m1/s1. The van der Waals surface area contributed by atoms with Crippen LogP contribution < -0.4 is 4.74 Å². The summed E-state index contributed by atoms with van der Waals surface area (Å²) in [7, 11) is 0. The van der Waals surface area contributed by atoms with Gasteiger partial charge in [-0.1, -0.05) is 12.1 Å². The highest BCUT2D eigenvalue weighted by molar-refractivity contribution is 5.78. The van der Waals surface area contributed by atoms with Crippen LogP contribution in [0.5, 0.6) is 5.75 Å². The maximum Gasteiger partial charge on any atom is 0.260 e. The van der Waals surface area contributed by atoms with Crippen molar-refractivity contribution < 1.29 is 19.4 Å². The normalized spacial score (nSPS) is 23.6. The molecule has 2 fully saturated rings. The number of likely N-dealkylation sites (tertiary alicyclic amines) is 1. The number of rotatable bonds is 6. The second-order valence-corrected chi connectivity index (χ2v) is 7.86. The van der Waals surface area contributed by atoms with E-state index < -0.39 is 0 Å². The molecule has 6 nitrogen and oxygen atoms in total. The number of hydrogen-bond donors (Lipinski definition) is 1. The summed E-state index contributed by atoms with van der Waals surface area (Å²) in [5.74, 6) is 1.25. The minimum atomic E-state index is -0.00164. The van der Waals surface area contributed by atoms with Gasteiger partial charge in [-0.25, -0.2) is 0 Å². The predicted molar refractivity (Wildman–Crippen MR) is 104 cm³/mol. The number of carbonyl (C=O) groups is 1. The highest BCUT2D eigenvalue weighted by Crippen LogP contribution is 2.27. The molecule has 1 N–H and O–H groups in total. The van der Waals surface area contributed by atoms with Crippen molar-refractivity contribution >= 4 is 5.91 Å². The van der Waals surface area contributed by atoms with E-state index in [-0.39, 0.29) is 25.0 Å². The number of aliphatic hydroxyl groups excluding tert-OH is 1. The number of hydrogen-bond acceptors (Lipinski definition) is 5. The monoisotopic (exact) mass is 376 g/mol. The largest absolute Gasteiger partial charge is 0.483 e. The molecule has 0 bridgehead atoms. The van der Waals surface area contributed by atoms with Crippen molar-refractivity contribution in [2.24, 2.45) is 11.8 Å². The molecule has 0 aromatic heterocycles. The minimum Gasteiger partial charge on any atom is -0.483 e. The average Bonchev–Trinajstić information content (AvgIpc) is 3.08. The van der Waals surface area contributed by atoms with E-state index in [1.807, 2.05) is 31.7 Å². The van der Waals surface area contributed by atoms with Crippen LogP contribution in [0.4, 0.5) is 0 Å². The van der Waals surface area contributed by atoms with Gasteiger partial charge < -0.3 is 19.5 Å². The summed E-state index contributed by atoms with van der Waals surface area (Å²) in [6, 6.07) is 4.10. The fourth-order valence-electron chi connectivity index (χ4n) is 4.04. The molecule has 0 aliphatic carbocycles. The molecule has 3 rings (SSSR count). The van der Waals surface area contributed by atoms with Crippen LogP contribution in [0.25, 0.3) is 0 Å². The first-order valence-electron chi connectivity index (χ1n) is 9.88. The summed E-state index contributed by atoms with van der Waals surface area (Å²) in [6.07, 6.45) is 0. The zero-order valence-corrected chi connectivity index (χ0v) is 16.7. The van der Waals surface area contributed by atoms with E-state index in [1.165, 1.54) is 0 Å². The first kappa shape index (κ1) is 20.1. The van der Waals surface area contributed by atoms with Gasteiger partial charge in [-0.05, 0) is 43.4 Å². The Balaban J connectivity index is 1.56. The number of nitrogens with zero attached hydrogens (tertiary/aromatic N) is 2. The van der Waals surface area contributed by atoms with Gasteiger partial charge in [0.25, 0.3) is 5.91 Å². The molecule has 0 unspecified atom stereocenters. The summed E-state index contributed by atoms with van der Waals surface area (Å²) >= 11 is 0. The third kappa shape index (κ3) is 4.81. The molecule has 0 radical (unpaired) electrons. The summed E-state index contributed by atoms with van der Waals surface area (Å²) < 4.78 is 11.3. The predicted octanol–water partition coefficient (Wildman–Crippen LogP) is 1.39. The maximum absolute atomic E-state index is 12.7. The van der Waals surface area contributed by atoms with Crippen molar-refractivity contribution in [1.82, 2.24) is 9.80 Å². The molecule has 27 heavy (non-hydrogen) atoms. The number of aryl methyl sites for hydroxylation is 2. The second kappa shape index (κ2) is 9.04. The third-order valence-corrected chi connectivity index (χ3v) is 5.97. The summed E-state index contributed by atoms with van der Waals surface area (Å²) in [4.78, 5) is 16.9. The molecule has 6 heteroatoms. The Labute approximate surface area is 162 Å². The molecule has 2 aliphatic rings. The molecule has 1 amide bonds. The second-order valence-electron chi connectivity index (χ2n) is 7.86. The summed E-state index contributed by atoms with van der Waals surface area (Å²) in [5.41, 5.74) is 3.29. The molecule has 2 saturated heterocycles. The van der Waals surface area contributed by atoms with Crippen molar-refractivity contribution in [2.45, 2.75) is 20.8 Å². The first-order chi connectivity index (χ1) is 13.0. The van der Waals surface area contributed by atoms with E-state index in [1.54, 1.807) is 0 Å². The zero-order valence-electron chi connectivity index (χ0n) is 16.7. The SMILES string of the molecule is Cc1ccc(C)c(OCC(=O)N2C[C@@H](CN3CCOCC3)[C@@H](CO)C2)c1C. The minimum absolute atomic E-state index is 0.00164. The first-order valence-corrected chi connectivity index (χ1v) is 9.88. The number of benzene rings is 1. The van der Waals surface area contributed by atoms with Crippen LogP contribution in [-0.2, 0) is 9.53 Å². The number of aliphatic hydroxyl groups is 1. The van der Waals surface area contributed by atoms with Gasteiger partial charge in [0.2, 0.25) is 0 Å². The Morgan fingerprint density at radius 3 is 2.52 bits per heavy atom. The Kier molecular flexibility index (Phi) is 6.73. The van der Waals surface area contributed by atoms with Gasteiger partial charge in [-0.2, -0.15) is 0 Å². The zero-order chi connectivity index (χ0) is 19.4. The Hall–Kier alpha value is -1.63. The van der Waals surface area contributed by atoms with Crippen LogP contribution in [0.2, 0.25) is 0 Å². The van der Waals surface area contributed by atoms with Gasteiger partial charge in [-0.15, -0.1) is 0 Å². The molecule has 0 saturated carbocycles. The van der Waals surface area contributed by atoms with Crippen LogP contribution in [0.3, 0.4) is 0 Å². The average molecular weight is 376 g/mol. The van der Waals surface area contributed by atoms with E-state index in [2.05, 4.69) is 11.0 Å². The fourth-order valence-corrected chi connectivity index (χ4v) is 4.04. The Morgan fingerprint density at radius 1 is 1.15 bits per heavy atom. The van der Waals surface area contributed by atoms with Crippen LogP contribution in [0.15, 0.2) is 12.1 Å². The highest BCUT2D eigenvalue weighted by atomic mass is 16.5. The van der Waals surface area contributed by atoms with Gasteiger partial charge >= 0.3 is 0 Å². The van der Waals surface area contributed by atoms with Crippen molar-refractivity contribution in [1.29, 1.82) is 0 Å². The van der Waals surface area contributed by atoms with Gasteiger partial charge in [0.05, 0.1) is 13.2 Å². The quantitative estimate of drug-likeness (QED) is 0.813. The van der Waals surface area contributed by atoms with Crippen LogP contribution >= 0.6 is 0 Å². The fraction of sp³-hybridized carbons (Fsp3) is 0.667. The van der Waals surface area contributed by atoms with Crippen LogP contribution in [0.1, 0.15) is 16.7 Å². The van der Waals surface area contributed by atoms with Gasteiger partial charge in [0.1, 0.15) is 5.75 Å². The molecule has 150 valence electrons. The molecule has 2 heterocycles. The lowest BCUT2D eigenvalue weighted by Gasteiger charge is -2.30. The Bertz CT molecular complexity index is 658. The van der Waals surface area contributed by atoms with Crippen LogP contribution in [-0.4, -0.2) is 80.0 Å². The van der Waals surface area contributed by atoms with Gasteiger partial charge in [0.15, 0.2) is 6.61 Å². The number of amides is 1. The van der Waals surface area contributed by atoms with Gasteiger partial charge in [0, 0.05) is 45.2 Å². The molecule has 2 atom stereocenters. The Morgan fingerprint density at radius 2 is 1.81 bits per heavy atom. The van der Waals surface area contributed by atoms with E-state index in [4.69, 9.17) is 9.47 Å².